The molecule has 0 aliphatic carbocycles. The smallest absolute Gasteiger partial charge is 0.260 e. The summed E-state index contributed by atoms with van der Waals surface area (Å²) in [5.41, 5.74) is 0. The average Bonchev–Trinajstić information content (AvgIpc) is 3.25. The molecule has 2 aromatic heterocycles. The highest BCUT2D eigenvalue weighted by Crippen LogP contribution is 2.20. The van der Waals surface area contributed by atoms with Crippen LogP contribution in [0.2, 0.25) is 0 Å². The largest absolute Gasteiger partial charge is 0.353 e. The van der Waals surface area contributed by atoms with Crippen molar-refractivity contribution >= 4 is 21.7 Å². The Labute approximate surface area is 158 Å². The highest BCUT2D eigenvalue weighted by atomic mass is 32.2. The highest BCUT2D eigenvalue weighted by molar-refractivity contribution is 7.89. The van der Waals surface area contributed by atoms with Crippen molar-refractivity contribution in [3.8, 4) is 0 Å². The minimum Gasteiger partial charge on any atom is -0.353 e. The summed E-state index contributed by atoms with van der Waals surface area (Å²) in [6.45, 7) is 5.92. The molecular weight excluding hydrogens is 368 g/mol. The zero-order valence-electron chi connectivity index (χ0n) is 15.3. The molecule has 2 aliphatic heterocycles. The van der Waals surface area contributed by atoms with Crippen molar-refractivity contribution in [2.24, 2.45) is 0 Å². The lowest BCUT2D eigenvalue weighted by atomic mass is 10.3. The van der Waals surface area contributed by atoms with Crippen LogP contribution >= 0.6 is 0 Å². The first-order valence-corrected chi connectivity index (χ1v) is 10.5. The zero-order chi connectivity index (χ0) is 18.9. The van der Waals surface area contributed by atoms with Crippen molar-refractivity contribution in [3.05, 3.63) is 24.7 Å². The van der Waals surface area contributed by atoms with Gasteiger partial charge < -0.3 is 19.7 Å². The normalized spacial score (nSPS) is 20.2. The molecule has 0 radical (unpaired) electrons. The molecule has 4 heterocycles. The first-order chi connectivity index (χ1) is 13.0. The van der Waals surface area contributed by atoms with E-state index in [4.69, 9.17) is 0 Å². The summed E-state index contributed by atoms with van der Waals surface area (Å²) in [5, 5.41) is 8.88. The van der Waals surface area contributed by atoms with Gasteiger partial charge in [0.2, 0.25) is 0 Å². The number of aromatic amines is 1. The molecule has 2 aromatic rings. The van der Waals surface area contributed by atoms with Crippen LogP contribution in [0.1, 0.15) is 0 Å². The number of hydrogen-bond donors (Lipinski definition) is 1. The van der Waals surface area contributed by atoms with Crippen molar-refractivity contribution in [2.45, 2.75) is 5.03 Å². The van der Waals surface area contributed by atoms with Crippen LogP contribution in [0, 0.1) is 0 Å². The number of sulfonamides is 1. The van der Waals surface area contributed by atoms with Crippen molar-refractivity contribution in [1.82, 2.24) is 29.4 Å². The van der Waals surface area contributed by atoms with Gasteiger partial charge in [-0.25, -0.2) is 13.4 Å². The molecule has 10 nitrogen and oxygen atoms in total. The first-order valence-electron chi connectivity index (χ1n) is 9.05. The van der Waals surface area contributed by atoms with Crippen molar-refractivity contribution < 1.29 is 8.42 Å². The minimum absolute atomic E-state index is 0.132. The number of piperazine rings is 2. The molecule has 1 N–H and O–H groups in total. The maximum atomic E-state index is 12.5. The van der Waals surface area contributed by atoms with Gasteiger partial charge >= 0.3 is 0 Å². The van der Waals surface area contributed by atoms with Crippen LogP contribution in [0.4, 0.5) is 11.6 Å². The van der Waals surface area contributed by atoms with E-state index in [1.165, 1.54) is 16.8 Å². The number of anilines is 2. The van der Waals surface area contributed by atoms with Crippen molar-refractivity contribution in [3.63, 3.8) is 0 Å². The average molecular weight is 392 g/mol. The fraction of sp³-hybridized carbons (Fsp3) is 0.562. The van der Waals surface area contributed by atoms with Gasteiger partial charge in [-0.3, -0.25) is 0 Å². The lowest BCUT2D eigenvalue weighted by molar-refractivity contribution is 0.312. The van der Waals surface area contributed by atoms with E-state index in [0.717, 1.165) is 37.8 Å². The van der Waals surface area contributed by atoms with Crippen LogP contribution in [0.5, 0.6) is 0 Å². The van der Waals surface area contributed by atoms with Gasteiger partial charge in [0.15, 0.2) is 16.7 Å². The summed E-state index contributed by atoms with van der Waals surface area (Å²) in [6, 6.07) is 3.97. The van der Waals surface area contributed by atoms with Crippen molar-refractivity contribution in [1.29, 1.82) is 0 Å². The highest BCUT2D eigenvalue weighted by Gasteiger charge is 2.30. The van der Waals surface area contributed by atoms with E-state index < -0.39 is 10.0 Å². The van der Waals surface area contributed by atoms with Crippen LogP contribution in [-0.4, -0.2) is 97.2 Å². The van der Waals surface area contributed by atoms with Gasteiger partial charge in [0.1, 0.15) is 0 Å². The van der Waals surface area contributed by atoms with E-state index in [1.54, 1.807) is 0 Å². The molecule has 0 aromatic carbocycles. The number of nitrogens with zero attached hydrogens (tertiary/aromatic N) is 7. The third-order valence-electron chi connectivity index (χ3n) is 5.12. The molecule has 0 atom stereocenters. The molecule has 11 heteroatoms. The van der Waals surface area contributed by atoms with Gasteiger partial charge in [-0.1, -0.05) is 0 Å². The third kappa shape index (κ3) is 3.75. The Hall–Kier alpha value is -2.24. The third-order valence-corrected chi connectivity index (χ3v) is 6.94. The van der Waals surface area contributed by atoms with E-state index in [-0.39, 0.29) is 5.03 Å². The molecule has 2 saturated heterocycles. The van der Waals surface area contributed by atoms with E-state index >= 15 is 0 Å². The van der Waals surface area contributed by atoms with Crippen LogP contribution in [0.3, 0.4) is 0 Å². The molecule has 2 aliphatic rings. The minimum atomic E-state index is -3.51. The Morgan fingerprint density at radius 3 is 1.93 bits per heavy atom. The number of hydrogen-bond acceptors (Lipinski definition) is 8. The fourth-order valence-corrected chi connectivity index (χ4v) is 4.69. The molecule has 0 unspecified atom stereocenters. The zero-order valence-corrected chi connectivity index (χ0v) is 16.1. The SMILES string of the molecule is CN1CCN(c2ccc(N3CCN(S(=O)(=O)c4cnc[nH]4)CC3)nn2)CC1. The topological polar surface area (TPSA) is 102 Å². The molecule has 0 bridgehead atoms. The van der Waals surface area contributed by atoms with E-state index in [0.29, 0.717) is 26.2 Å². The number of rotatable bonds is 4. The maximum absolute atomic E-state index is 12.5. The first kappa shape index (κ1) is 18.1. The molecular formula is C16H24N8O2S. The van der Waals surface area contributed by atoms with Crippen LogP contribution in [-0.2, 0) is 10.0 Å². The summed E-state index contributed by atoms with van der Waals surface area (Å²) < 4.78 is 26.5. The van der Waals surface area contributed by atoms with E-state index in [1.807, 2.05) is 12.1 Å². The number of aromatic nitrogens is 4. The molecule has 4 rings (SSSR count). The van der Waals surface area contributed by atoms with Gasteiger partial charge in [-0.05, 0) is 19.2 Å². The molecule has 2 fully saturated rings. The standard InChI is InChI=1S/C16H24N8O2S/c1-21-4-6-22(7-5-21)14-2-3-15(20-19-14)23-8-10-24(11-9-23)27(25,26)16-12-17-13-18-16/h2-3,12-13H,4-11H2,1H3,(H,17,18). The summed E-state index contributed by atoms with van der Waals surface area (Å²) in [5.74, 6) is 1.68. The van der Waals surface area contributed by atoms with Gasteiger partial charge in [0.05, 0.1) is 12.5 Å². The molecule has 0 amide bonds. The predicted octanol–water partition coefficient (Wildman–Crippen LogP) is -0.538. The fourth-order valence-electron chi connectivity index (χ4n) is 3.37. The second-order valence-electron chi connectivity index (χ2n) is 6.85. The second-order valence-corrected chi connectivity index (χ2v) is 8.75. The van der Waals surface area contributed by atoms with Gasteiger partial charge in [-0.15, -0.1) is 10.2 Å². The monoisotopic (exact) mass is 392 g/mol. The molecule has 146 valence electrons. The Balaban J connectivity index is 1.37. The molecule has 0 saturated carbocycles. The number of imidazole rings is 1. The van der Waals surface area contributed by atoms with Crippen molar-refractivity contribution in [2.75, 3.05) is 69.2 Å². The van der Waals surface area contributed by atoms with Crippen LogP contribution < -0.4 is 9.80 Å². The molecule has 27 heavy (non-hydrogen) atoms. The quantitative estimate of drug-likeness (QED) is 0.741. The Morgan fingerprint density at radius 2 is 1.44 bits per heavy atom. The second kappa shape index (κ2) is 7.41. The van der Waals surface area contributed by atoms with Crippen LogP contribution in [0.25, 0.3) is 0 Å². The van der Waals surface area contributed by atoms with Gasteiger partial charge in [0, 0.05) is 52.4 Å². The summed E-state index contributed by atoms with van der Waals surface area (Å²) in [7, 11) is -1.38. The number of H-pyrrole nitrogens is 1. The van der Waals surface area contributed by atoms with E-state index in [9.17, 15) is 8.42 Å². The number of likely N-dealkylation sites (N-methyl/N-ethyl adjacent to an activating group) is 1. The Bertz CT molecular complexity index is 839. The van der Waals surface area contributed by atoms with Crippen LogP contribution in [0.15, 0.2) is 29.7 Å². The summed E-state index contributed by atoms with van der Waals surface area (Å²) in [6.07, 6.45) is 2.71. The van der Waals surface area contributed by atoms with Gasteiger partial charge in [0.25, 0.3) is 10.0 Å². The number of nitrogens with one attached hydrogen (secondary N) is 1. The Morgan fingerprint density at radius 1 is 0.889 bits per heavy atom. The molecule has 0 spiro atoms. The summed E-state index contributed by atoms with van der Waals surface area (Å²) >= 11 is 0. The maximum Gasteiger partial charge on any atom is 0.260 e. The lowest BCUT2D eigenvalue weighted by Crippen LogP contribution is -2.49. The lowest BCUT2D eigenvalue weighted by Gasteiger charge is -2.35. The summed E-state index contributed by atoms with van der Waals surface area (Å²) in [4.78, 5) is 13.1. The predicted molar refractivity (Wildman–Crippen MR) is 101 cm³/mol. The Kier molecular flexibility index (Phi) is 4.98. The van der Waals surface area contributed by atoms with Gasteiger partial charge in [-0.2, -0.15) is 4.31 Å². The van der Waals surface area contributed by atoms with E-state index in [2.05, 4.69) is 41.9 Å².